The van der Waals surface area contributed by atoms with Crippen LogP contribution < -0.4 is 20.1 Å². The molecule has 1 aliphatic heterocycles. The van der Waals surface area contributed by atoms with Gasteiger partial charge in [-0.15, -0.1) is 24.0 Å². The molecule has 1 fully saturated rings. The number of guanidine groups is 1. The van der Waals surface area contributed by atoms with E-state index >= 15 is 0 Å². The molecule has 0 amide bonds. The minimum Gasteiger partial charge on any atom is -0.497 e. The fourth-order valence-corrected chi connectivity index (χ4v) is 3.53. The van der Waals surface area contributed by atoms with Gasteiger partial charge in [-0.3, -0.25) is 4.99 Å². The van der Waals surface area contributed by atoms with Crippen LogP contribution in [-0.2, 0) is 17.8 Å². The van der Waals surface area contributed by atoms with Gasteiger partial charge in [-0.25, -0.2) is 0 Å². The summed E-state index contributed by atoms with van der Waals surface area (Å²) in [5, 5.41) is 6.75. The van der Waals surface area contributed by atoms with E-state index in [0.717, 1.165) is 48.0 Å². The first kappa shape index (κ1) is 25.3. The Morgan fingerprint density at radius 2 is 1.90 bits per heavy atom. The van der Waals surface area contributed by atoms with Crippen molar-refractivity contribution in [1.29, 1.82) is 0 Å². The quantitative estimate of drug-likeness (QED) is 0.297. The van der Waals surface area contributed by atoms with Gasteiger partial charge in [0, 0.05) is 32.3 Å². The molecule has 1 saturated heterocycles. The molecule has 1 aliphatic rings. The number of methoxy groups -OCH3 is 1. The van der Waals surface area contributed by atoms with Crippen LogP contribution in [-0.4, -0.2) is 39.4 Å². The van der Waals surface area contributed by atoms with Gasteiger partial charge >= 0.3 is 0 Å². The van der Waals surface area contributed by atoms with E-state index in [2.05, 4.69) is 53.7 Å². The van der Waals surface area contributed by atoms with Crippen LogP contribution in [0.15, 0.2) is 41.4 Å². The van der Waals surface area contributed by atoms with Crippen LogP contribution in [0.2, 0.25) is 0 Å². The van der Waals surface area contributed by atoms with E-state index in [-0.39, 0.29) is 30.1 Å². The third-order valence-electron chi connectivity index (χ3n) is 5.15. The van der Waals surface area contributed by atoms with Crippen LogP contribution in [0.25, 0.3) is 0 Å². The van der Waals surface area contributed by atoms with Crippen molar-refractivity contribution in [3.8, 4) is 11.5 Å². The topological polar surface area (TPSA) is 64.1 Å². The highest BCUT2D eigenvalue weighted by Gasteiger charge is 2.17. The molecule has 0 aromatic heterocycles. The zero-order valence-electron chi connectivity index (χ0n) is 18.9. The van der Waals surface area contributed by atoms with Crippen LogP contribution in [0.5, 0.6) is 11.5 Å². The Hall–Kier alpha value is -2.00. The lowest BCUT2D eigenvalue weighted by Crippen LogP contribution is -2.36. The third kappa shape index (κ3) is 7.88. The van der Waals surface area contributed by atoms with Crippen molar-refractivity contribution < 1.29 is 14.2 Å². The summed E-state index contributed by atoms with van der Waals surface area (Å²) in [7, 11) is 3.46. The fraction of sp³-hybridized carbons (Fsp3) is 0.458. The first-order chi connectivity index (χ1) is 14.6. The maximum atomic E-state index is 6.10. The Kier molecular flexibility index (Phi) is 10.4. The first-order valence-electron chi connectivity index (χ1n) is 10.5. The molecule has 1 atom stereocenters. The largest absolute Gasteiger partial charge is 0.497 e. The van der Waals surface area contributed by atoms with Crippen molar-refractivity contribution in [2.75, 3.05) is 27.4 Å². The number of rotatable bonds is 8. The molecule has 170 valence electrons. The number of nitrogens with one attached hydrogen (secondary N) is 2. The molecule has 0 radical (unpaired) electrons. The van der Waals surface area contributed by atoms with E-state index in [9.17, 15) is 0 Å². The van der Waals surface area contributed by atoms with Crippen molar-refractivity contribution in [2.45, 2.75) is 45.9 Å². The number of nitrogens with zero attached hydrogens (tertiary/aromatic N) is 1. The van der Waals surface area contributed by atoms with Gasteiger partial charge in [0.1, 0.15) is 18.1 Å². The van der Waals surface area contributed by atoms with Gasteiger partial charge < -0.3 is 24.8 Å². The molecule has 1 unspecified atom stereocenters. The van der Waals surface area contributed by atoms with Crippen molar-refractivity contribution in [3.63, 3.8) is 0 Å². The van der Waals surface area contributed by atoms with E-state index in [1.165, 1.54) is 11.1 Å². The molecule has 0 saturated carbocycles. The summed E-state index contributed by atoms with van der Waals surface area (Å²) in [6.45, 7) is 6.86. The lowest BCUT2D eigenvalue weighted by atomic mass is 10.1. The number of hydrogen-bond acceptors (Lipinski definition) is 4. The van der Waals surface area contributed by atoms with Gasteiger partial charge in [0.25, 0.3) is 0 Å². The highest BCUT2D eigenvalue weighted by Crippen LogP contribution is 2.22. The molecule has 7 heteroatoms. The van der Waals surface area contributed by atoms with Crippen LogP contribution in [0.1, 0.15) is 35.1 Å². The molecular weight excluding hydrogens is 505 g/mol. The maximum Gasteiger partial charge on any atom is 0.191 e. The normalized spacial score (nSPS) is 15.9. The standard InChI is InChI=1S/C24H33N3O3.HI/c1-17-7-8-20(23(12-17)30-16-21-6-5-9-29-21)15-27-24(25-3)26-14-19-10-18(2)11-22(13-19)28-4;/h7-8,10-13,21H,5-6,9,14-16H2,1-4H3,(H2,25,26,27);1H. The molecular formula is C24H34IN3O3. The zero-order chi connectivity index (χ0) is 21.3. The maximum absolute atomic E-state index is 6.10. The number of benzene rings is 2. The average Bonchev–Trinajstić information content (AvgIpc) is 3.26. The van der Waals surface area contributed by atoms with Gasteiger partial charge in [0.05, 0.1) is 13.2 Å². The van der Waals surface area contributed by atoms with Crippen molar-refractivity contribution >= 4 is 29.9 Å². The molecule has 2 aromatic carbocycles. The smallest absolute Gasteiger partial charge is 0.191 e. The molecule has 31 heavy (non-hydrogen) atoms. The number of hydrogen-bond donors (Lipinski definition) is 2. The molecule has 6 nitrogen and oxygen atoms in total. The predicted molar refractivity (Wildman–Crippen MR) is 136 cm³/mol. The lowest BCUT2D eigenvalue weighted by Gasteiger charge is -2.17. The zero-order valence-corrected chi connectivity index (χ0v) is 21.2. The minimum absolute atomic E-state index is 0. The minimum atomic E-state index is 0. The summed E-state index contributed by atoms with van der Waals surface area (Å²) in [5.74, 6) is 2.50. The van der Waals surface area contributed by atoms with Gasteiger partial charge in [0.2, 0.25) is 0 Å². The summed E-state index contributed by atoms with van der Waals surface area (Å²) in [5.41, 5.74) is 4.59. The van der Waals surface area contributed by atoms with Gasteiger partial charge in [-0.2, -0.15) is 0 Å². The second-order valence-corrected chi connectivity index (χ2v) is 7.69. The van der Waals surface area contributed by atoms with Crippen LogP contribution in [0, 0.1) is 13.8 Å². The monoisotopic (exact) mass is 539 g/mol. The summed E-state index contributed by atoms with van der Waals surface area (Å²) in [6, 6.07) is 12.5. The average molecular weight is 539 g/mol. The van der Waals surface area contributed by atoms with Crippen LogP contribution in [0.3, 0.4) is 0 Å². The Morgan fingerprint density at radius 3 is 2.61 bits per heavy atom. The molecule has 0 aliphatic carbocycles. The summed E-state index contributed by atoms with van der Waals surface area (Å²) in [6.07, 6.45) is 2.39. The summed E-state index contributed by atoms with van der Waals surface area (Å²) >= 11 is 0. The Balaban J connectivity index is 0.00000341. The molecule has 3 rings (SSSR count). The first-order valence-corrected chi connectivity index (χ1v) is 10.5. The third-order valence-corrected chi connectivity index (χ3v) is 5.15. The van der Waals surface area contributed by atoms with E-state index < -0.39 is 0 Å². The number of ether oxygens (including phenoxy) is 3. The fourth-order valence-electron chi connectivity index (χ4n) is 3.53. The second kappa shape index (κ2) is 12.8. The number of aryl methyl sites for hydroxylation is 2. The van der Waals surface area contributed by atoms with Crippen LogP contribution >= 0.6 is 24.0 Å². The van der Waals surface area contributed by atoms with E-state index in [1.54, 1.807) is 14.2 Å². The molecule has 2 aromatic rings. The van der Waals surface area contributed by atoms with Gasteiger partial charge in [-0.1, -0.05) is 18.2 Å². The highest BCUT2D eigenvalue weighted by atomic mass is 127. The molecule has 0 spiro atoms. The number of aliphatic imine (C=N–C) groups is 1. The van der Waals surface area contributed by atoms with E-state index in [1.807, 2.05) is 12.1 Å². The molecule has 0 bridgehead atoms. The van der Waals surface area contributed by atoms with Crippen molar-refractivity contribution in [2.24, 2.45) is 4.99 Å². The van der Waals surface area contributed by atoms with Gasteiger partial charge in [-0.05, 0) is 61.6 Å². The lowest BCUT2D eigenvalue weighted by molar-refractivity contribution is 0.0676. The molecule has 1 heterocycles. The Bertz CT molecular complexity index is 867. The van der Waals surface area contributed by atoms with Crippen molar-refractivity contribution in [3.05, 3.63) is 58.7 Å². The molecule has 2 N–H and O–H groups in total. The van der Waals surface area contributed by atoms with E-state index in [4.69, 9.17) is 14.2 Å². The summed E-state index contributed by atoms with van der Waals surface area (Å²) in [4.78, 5) is 4.34. The predicted octanol–water partition coefficient (Wildman–Crippen LogP) is 4.35. The van der Waals surface area contributed by atoms with Crippen molar-refractivity contribution in [1.82, 2.24) is 10.6 Å². The SMILES string of the molecule is CN=C(NCc1cc(C)cc(OC)c1)NCc1ccc(C)cc1OCC1CCCO1.I. The Morgan fingerprint density at radius 1 is 1.10 bits per heavy atom. The second-order valence-electron chi connectivity index (χ2n) is 7.69. The number of halogens is 1. The highest BCUT2D eigenvalue weighted by molar-refractivity contribution is 14.0. The van der Waals surface area contributed by atoms with Crippen LogP contribution in [0.4, 0.5) is 0 Å². The summed E-state index contributed by atoms with van der Waals surface area (Å²) < 4.78 is 17.1. The van der Waals surface area contributed by atoms with E-state index in [0.29, 0.717) is 19.7 Å². The van der Waals surface area contributed by atoms with Gasteiger partial charge in [0.15, 0.2) is 5.96 Å². The Labute approximate surface area is 202 Å².